The summed E-state index contributed by atoms with van der Waals surface area (Å²) in [4.78, 5) is 18.6. The third-order valence-electron chi connectivity index (χ3n) is 4.71. The second-order valence-corrected chi connectivity index (χ2v) is 6.39. The van der Waals surface area contributed by atoms with Gasteiger partial charge in [-0.3, -0.25) is 4.79 Å². The van der Waals surface area contributed by atoms with Gasteiger partial charge in [-0.05, 0) is 51.0 Å². The fourth-order valence-corrected chi connectivity index (χ4v) is 3.32. The van der Waals surface area contributed by atoms with E-state index in [1.54, 1.807) is 12.1 Å². The molecule has 0 bridgehead atoms. The molecule has 1 fully saturated rings. The second kappa shape index (κ2) is 7.13. The Hall–Kier alpha value is -1.88. The summed E-state index contributed by atoms with van der Waals surface area (Å²) < 4.78 is 5.90. The predicted octanol–water partition coefficient (Wildman–Crippen LogP) is 3.30. The number of carbonyl (C=O) groups is 1. The summed E-state index contributed by atoms with van der Waals surface area (Å²) in [6.45, 7) is 5.62. The largest absolute Gasteiger partial charge is 0.440 e. The Balaban J connectivity index is 1.68. The number of nitrogens with zero attached hydrogens (tertiary/aromatic N) is 2. The number of oxazole rings is 1. The van der Waals surface area contributed by atoms with Gasteiger partial charge < -0.3 is 15.1 Å². The van der Waals surface area contributed by atoms with Crippen LogP contribution in [0.3, 0.4) is 0 Å². The molecule has 0 unspecified atom stereocenters. The third kappa shape index (κ3) is 3.55. The van der Waals surface area contributed by atoms with Crippen molar-refractivity contribution in [3.8, 4) is 0 Å². The number of carbonyl (C=O) groups excluding carboxylic acids is 1. The van der Waals surface area contributed by atoms with Gasteiger partial charge in [0.05, 0.1) is 5.56 Å². The average Bonchev–Trinajstić information content (AvgIpc) is 2.99. The van der Waals surface area contributed by atoms with Gasteiger partial charge in [-0.1, -0.05) is 25.8 Å². The zero-order valence-corrected chi connectivity index (χ0v) is 13.8. The van der Waals surface area contributed by atoms with Crippen LogP contribution in [0.15, 0.2) is 22.6 Å². The fraction of sp³-hybridized carbons (Fsp3) is 0.556. The van der Waals surface area contributed by atoms with Crippen LogP contribution >= 0.6 is 0 Å². The minimum atomic E-state index is -0.468. The first-order chi connectivity index (χ1) is 11.2. The maximum atomic E-state index is 11.5. The van der Waals surface area contributed by atoms with Crippen molar-refractivity contribution >= 4 is 17.0 Å². The van der Waals surface area contributed by atoms with Crippen LogP contribution in [0.1, 0.15) is 61.2 Å². The summed E-state index contributed by atoms with van der Waals surface area (Å²) in [5.74, 6) is 0.622. The number of hydrogen-bond acceptors (Lipinski definition) is 4. The van der Waals surface area contributed by atoms with Crippen LogP contribution in [0.2, 0.25) is 0 Å². The van der Waals surface area contributed by atoms with Crippen LogP contribution in [-0.4, -0.2) is 35.4 Å². The molecule has 0 radical (unpaired) electrons. The number of benzene rings is 1. The molecule has 1 saturated heterocycles. The molecular formula is C18H25N3O2. The molecule has 5 heteroatoms. The first kappa shape index (κ1) is 16.0. The van der Waals surface area contributed by atoms with Crippen molar-refractivity contribution < 1.29 is 9.21 Å². The van der Waals surface area contributed by atoms with Gasteiger partial charge in [-0.15, -0.1) is 0 Å². The van der Waals surface area contributed by atoms with Crippen molar-refractivity contribution in [3.63, 3.8) is 0 Å². The number of fused-ring (bicyclic) bond motifs is 1. The Labute approximate surface area is 136 Å². The Morgan fingerprint density at radius 1 is 1.35 bits per heavy atom. The Bertz CT molecular complexity index is 672. The highest BCUT2D eigenvalue weighted by Crippen LogP contribution is 2.31. The first-order valence-electron chi connectivity index (χ1n) is 8.60. The number of amides is 1. The molecule has 2 aromatic rings. The van der Waals surface area contributed by atoms with Crippen LogP contribution in [-0.2, 0) is 0 Å². The Kier molecular flexibility index (Phi) is 4.96. The number of aromatic nitrogens is 1. The maximum absolute atomic E-state index is 11.5. The van der Waals surface area contributed by atoms with Crippen molar-refractivity contribution in [1.82, 2.24) is 9.88 Å². The number of likely N-dealkylation sites (tertiary alicyclic amines) is 1. The summed E-state index contributed by atoms with van der Waals surface area (Å²) >= 11 is 0. The van der Waals surface area contributed by atoms with E-state index in [9.17, 15) is 4.79 Å². The highest BCUT2D eigenvalue weighted by Gasteiger charge is 2.25. The number of rotatable bonds is 6. The van der Waals surface area contributed by atoms with E-state index in [4.69, 9.17) is 10.2 Å². The Morgan fingerprint density at radius 3 is 2.83 bits per heavy atom. The lowest BCUT2D eigenvalue weighted by atomic mass is 9.96. The van der Waals surface area contributed by atoms with Gasteiger partial charge in [0.2, 0.25) is 0 Å². The average molecular weight is 315 g/mol. The molecule has 3 rings (SSSR count). The van der Waals surface area contributed by atoms with E-state index in [2.05, 4.69) is 16.8 Å². The number of hydrogen-bond donors (Lipinski definition) is 1. The van der Waals surface area contributed by atoms with E-state index in [0.29, 0.717) is 17.1 Å². The lowest BCUT2D eigenvalue weighted by Gasteiger charge is -2.30. The molecule has 5 nitrogen and oxygen atoms in total. The molecule has 0 spiro atoms. The quantitative estimate of drug-likeness (QED) is 0.830. The van der Waals surface area contributed by atoms with Crippen LogP contribution in [0.5, 0.6) is 0 Å². The van der Waals surface area contributed by atoms with E-state index in [1.807, 2.05) is 6.07 Å². The highest BCUT2D eigenvalue weighted by molar-refractivity contribution is 6.03. The van der Waals surface area contributed by atoms with Crippen molar-refractivity contribution in [3.05, 3.63) is 29.7 Å². The summed E-state index contributed by atoms with van der Waals surface area (Å²) in [6, 6.07) is 5.36. The van der Waals surface area contributed by atoms with Crippen LogP contribution in [0.4, 0.5) is 0 Å². The number of primary amides is 1. The van der Waals surface area contributed by atoms with E-state index in [0.717, 1.165) is 37.3 Å². The topological polar surface area (TPSA) is 72.4 Å². The molecule has 1 aliphatic heterocycles. The monoisotopic (exact) mass is 315 g/mol. The first-order valence-corrected chi connectivity index (χ1v) is 8.60. The molecule has 0 aliphatic carbocycles. The van der Waals surface area contributed by atoms with E-state index in [1.165, 1.54) is 25.8 Å². The van der Waals surface area contributed by atoms with Gasteiger partial charge in [0.1, 0.15) is 5.52 Å². The van der Waals surface area contributed by atoms with Gasteiger partial charge in [-0.25, -0.2) is 4.98 Å². The van der Waals surface area contributed by atoms with Crippen molar-refractivity contribution in [1.29, 1.82) is 0 Å². The van der Waals surface area contributed by atoms with E-state index < -0.39 is 5.91 Å². The Morgan fingerprint density at radius 2 is 2.13 bits per heavy atom. The molecule has 23 heavy (non-hydrogen) atoms. The number of nitrogens with two attached hydrogens (primary N) is 1. The van der Waals surface area contributed by atoms with Crippen LogP contribution in [0.25, 0.3) is 11.1 Å². The number of piperidine rings is 1. The minimum Gasteiger partial charge on any atom is -0.440 e. The lowest BCUT2D eigenvalue weighted by Crippen LogP contribution is -2.33. The summed E-state index contributed by atoms with van der Waals surface area (Å²) in [6.07, 6.45) is 5.98. The van der Waals surface area contributed by atoms with Crippen molar-refractivity contribution in [2.24, 2.45) is 5.73 Å². The van der Waals surface area contributed by atoms with Crippen molar-refractivity contribution in [2.75, 3.05) is 19.6 Å². The second-order valence-electron chi connectivity index (χ2n) is 6.39. The molecule has 2 N–H and O–H groups in total. The smallest absolute Gasteiger partial charge is 0.252 e. The summed E-state index contributed by atoms with van der Waals surface area (Å²) in [5.41, 5.74) is 7.08. The normalized spacial score (nSPS) is 16.9. The van der Waals surface area contributed by atoms with E-state index in [-0.39, 0.29) is 0 Å². The molecule has 1 aromatic heterocycles. The van der Waals surface area contributed by atoms with Gasteiger partial charge >= 0.3 is 0 Å². The molecule has 2 heterocycles. The van der Waals surface area contributed by atoms with Crippen LogP contribution < -0.4 is 5.73 Å². The molecule has 1 aromatic carbocycles. The number of unbranched alkanes of at least 4 members (excludes halogenated alkanes) is 2. The van der Waals surface area contributed by atoms with Gasteiger partial charge in [-0.2, -0.15) is 0 Å². The highest BCUT2D eigenvalue weighted by atomic mass is 16.3. The maximum Gasteiger partial charge on any atom is 0.252 e. The SMILES string of the molecule is CCCCCN1CCC(c2nc3cccc(C(N)=O)c3o2)CC1. The van der Waals surface area contributed by atoms with Crippen molar-refractivity contribution in [2.45, 2.75) is 44.9 Å². The minimum absolute atomic E-state index is 0.338. The number of para-hydroxylation sites is 1. The molecule has 0 saturated carbocycles. The zero-order valence-electron chi connectivity index (χ0n) is 13.8. The summed E-state index contributed by atoms with van der Waals surface area (Å²) in [5, 5.41) is 0. The zero-order chi connectivity index (χ0) is 16.2. The molecular weight excluding hydrogens is 290 g/mol. The van der Waals surface area contributed by atoms with E-state index >= 15 is 0 Å². The lowest BCUT2D eigenvalue weighted by molar-refractivity contribution is 0.100. The molecule has 0 atom stereocenters. The van der Waals surface area contributed by atoms with Crippen LogP contribution in [0, 0.1) is 0 Å². The standard InChI is InChI=1S/C18H25N3O2/c1-2-3-4-10-21-11-8-13(9-12-21)18-20-15-7-5-6-14(17(19)22)16(15)23-18/h5-7,13H,2-4,8-12H2,1H3,(H2,19,22). The third-order valence-corrected chi connectivity index (χ3v) is 4.71. The van der Waals surface area contributed by atoms with Gasteiger partial charge in [0, 0.05) is 5.92 Å². The molecule has 1 aliphatic rings. The van der Waals surface area contributed by atoms with Gasteiger partial charge in [0.25, 0.3) is 5.91 Å². The summed E-state index contributed by atoms with van der Waals surface area (Å²) in [7, 11) is 0. The van der Waals surface area contributed by atoms with Gasteiger partial charge in [0.15, 0.2) is 11.5 Å². The predicted molar refractivity (Wildman–Crippen MR) is 90.5 cm³/mol. The molecule has 124 valence electrons. The fourth-order valence-electron chi connectivity index (χ4n) is 3.32. The molecule has 1 amide bonds.